The topological polar surface area (TPSA) is 58.2 Å². The van der Waals surface area contributed by atoms with Gasteiger partial charge < -0.3 is 23.9 Å². The lowest BCUT2D eigenvalue weighted by Crippen LogP contribution is -2.60. The van der Waals surface area contributed by atoms with Gasteiger partial charge in [-0.3, -0.25) is 9.69 Å². The third kappa shape index (κ3) is 5.76. The van der Waals surface area contributed by atoms with Gasteiger partial charge in [-0.25, -0.2) is 0 Å². The number of anilines is 1. The number of nitrogens with zero attached hydrogens (tertiary/aromatic N) is 6. The van der Waals surface area contributed by atoms with Crippen molar-refractivity contribution in [1.29, 1.82) is 0 Å². The van der Waals surface area contributed by atoms with Crippen LogP contribution < -0.4 is 15.2 Å². The van der Waals surface area contributed by atoms with Gasteiger partial charge in [0, 0.05) is 50.9 Å². The molecule has 38 heavy (non-hydrogen) atoms. The van der Waals surface area contributed by atoms with Crippen LogP contribution in [-0.2, 0) is 7.05 Å². The van der Waals surface area contributed by atoms with Crippen molar-refractivity contribution in [1.82, 2.24) is 19.4 Å². The van der Waals surface area contributed by atoms with Crippen LogP contribution in [0.2, 0.25) is 0 Å². The van der Waals surface area contributed by atoms with Gasteiger partial charge in [0.2, 0.25) is 5.52 Å². The smallest absolute Gasteiger partial charge is 0.406 e. The summed E-state index contributed by atoms with van der Waals surface area (Å²) in [6, 6.07) is 10.9. The second kappa shape index (κ2) is 10.6. The van der Waals surface area contributed by atoms with Crippen molar-refractivity contribution in [3.8, 4) is 5.75 Å². The van der Waals surface area contributed by atoms with Crippen molar-refractivity contribution < 1.29 is 17.9 Å². The molecular formula is C27H31F3N6O2. The fraction of sp³-hybridized carbons (Fsp3) is 0.444. The standard InChI is InChI=1S/C27H31F3N6O2/c1-17-14-36(18(2)19-7-9-21(10-8-19)38-27(28,29)30)20(15-33(4)5)16-35(17)23-13-25(37)34(6)22-11-12-24(31-3)32-26(22)23/h7-13,17-18,20H,14-16H2,1-2,4-6H3/t17-,18?,20+/m0/s1. The first-order chi connectivity index (χ1) is 17.9. The van der Waals surface area contributed by atoms with Gasteiger partial charge in [0.1, 0.15) is 5.75 Å². The molecule has 8 nitrogen and oxygen atoms in total. The summed E-state index contributed by atoms with van der Waals surface area (Å²) in [6.45, 7) is 13.5. The lowest BCUT2D eigenvalue weighted by atomic mass is 9.99. The molecule has 2 aromatic heterocycles. The molecule has 0 saturated carbocycles. The average molecular weight is 529 g/mol. The number of hydrogen-bond donors (Lipinski definition) is 0. The number of fused-ring (bicyclic) bond motifs is 1. The lowest BCUT2D eigenvalue weighted by molar-refractivity contribution is -0.274. The molecule has 1 aromatic carbocycles. The van der Waals surface area contributed by atoms with E-state index in [1.807, 2.05) is 21.0 Å². The number of ether oxygens (including phenoxy) is 1. The third-order valence-corrected chi connectivity index (χ3v) is 7.03. The first-order valence-corrected chi connectivity index (χ1v) is 12.3. The van der Waals surface area contributed by atoms with Crippen molar-refractivity contribution in [2.24, 2.45) is 7.05 Å². The van der Waals surface area contributed by atoms with Crippen LogP contribution in [0, 0.1) is 6.57 Å². The molecule has 0 bridgehead atoms. The summed E-state index contributed by atoms with van der Waals surface area (Å²) in [5, 5.41) is 0. The Hall–Kier alpha value is -3.62. The summed E-state index contributed by atoms with van der Waals surface area (Å²) >= 11 is 0. The van der Waals surface area contributed by atoms with Gasteiger partial charge in [0.25, 0.3) is 11.4 Å². The fourth-order valence-corrected chi connectivity index (χ4v) is 5.18. The number of aromatic nitrogens is 2. The SMILES string of the molecule is [C-]#[N+]c1ccc2c(n1)c(N1C[C@@H](CN(C)C)N(C(C)c3ccc(OC(F)(F)F)cc3)C[C@@H]1C)cc(=O)n2C. The van der Waals surface area contributed by atoms with Crippen LogP contribution in [0.1, 0.15) is 25.5 Å². The second-order valence-electron chi connectivity index (χ2n) is 9.98. The van der Waals surface area contributed by atoms with Crippen molar-refractivity contribution in [3.05, 3.63) is 69.8 Å². The van der Waals surface area contributed by atoms with Gasteiger partial charge in [-0.05, 0) is 57.8 Å². The van der Waals surface area contributed by atoms with Gasteiger partial charge >= 0.3 is 6.36 Å². The van der Waals surface area contributed by atoms with E-state index in [1.165, 1.54) is 16.7 Å². The van der Waals surface area contributed by atoms with Gasteiger partial charge in [-0.15, -0.1) is 18.2 Å². The Morgan fingerprint density at radius 2 is 1.87 bits per heavy atom. The van der Waals surface area contributed by atoms with E-state index >= 15 is 0 Å². The molecule has 1 aliphatic heterocycles. The predicted molar refractivity (Wildman–Crippen MR) is 141 cm³/mol. The fourth-order valence-electron chi connectivity index (χ4n) is 5.18. The van der Waals surface area contributed by atoms with E-state index in [4.69, 9.17) is 6.57 Å². The highest BCUT2D eigenvalue weighted by molar-refractivity contribution is 5.89. The van der Waals surface area contributed by atoms with E-state index in [0.717, 1.165) is 12.1 Å². The normalized spacial score (nSPS) is 19.5. The van der Waals surface area contributed by atoms with Crippen LogP contribution in [0.5, 0.6) is 5.75 Å². The van der Waals surface area contributed by atoms with Gasteiger partial charge in [0.05, 0.1) is 11.2 Å². The zero-order valence-corrected chi connectivity index (χ0v) is 22.0. The zero-order chi connectivity index (χ0) is 27.8. The maximum absolute atomic E-state index is 12.8. The van der Waals surface area contributed by atoms with E-state index in [-0.39, 0.29) is 35.3 Å². The number of hydrogen-bond acceptors (Lipinski definition) is 6. The summed E-state index contributed by atoms with van der Waals surface area (Å²) in [5.74, 6) is 0.0143. The van der Waals surface area contributed by atoms with E-state index in [2.05, 4.69) is 36.2 Å². The molecule has 1 aliphatic rings. The molecular weight excluding hydrogens is 497 g/mol. The molecule has 0 N–H and O–H groups in total. The van der Waals surface area contributed by atoms with Crippen molar-refractivity contribution in [2.45, 2.75) is 38.3 Å². The van der Waals surface area contributed by atoms with Crippen LogP contribution in [-0.4, -0.2) is 71.5 Å². The molecule has 0 radical (unpaired) electrons. The molecule has 11 heteroatoms. The van der Waals surface area contributed by atoms with Crippen molar-refractivity contribution >= 4 is 22.5 Å². The number of rotatable bonds is 6. The number of aryl methyl sites for hydroxylation is 1. The molecule has 4 rings (SSSR count). The first-order valence-electron chi connectivity index (χ1n) is 12.3. The van der Waals surface area contributed by atoms with Crippen LogP contribution in [0.25, 0.3) is 15.9 Å². The lowest BCUT2D eigenvalue weighted by Gasteiger charge is -2.49. The summed E-state index contributed by atoms with van der Waals surface area (Å²) in [4.78, 5) is 27.5. The van der Waals surface area contributed by atoms with E-state index in [9.17, 15) is 18.0 Å². The minimum Gasteiger partial charge on any atom is -0.406 e. The van der Waals surface area contributed by atoms with E-state index < -0.39 is 6.36 Å². The van der Waals surface area contributed by atoms with Gasteiger partial charge in [-0.2, -0.15) is 0 Å². The molecule has 1 unspecified atom stereocenters. The third-order valence-electron chi connectivity index (χ3n) is 7.03. The molecule has 0 spiro atoms. The van der Waals surface area contributed by atoms with Crippen molar-refractivity contribution in [2.75, 3.05) is 38.6 Å². The summed E-state index contributed by atoms with van der Waals surface area (Å²) in [6.07, 6.45) is -4.73. The Balaban J connectivity index is 1.67. The minimum atomic E-state index is -4.73. The van der Waals surface area contributed by atoms with Crippen molar-refractivity contribution in [3.63, 3.8) is 0 Å². The monoisotopic (exact) mass is 528 g/mol. The zero-order valence-electron chi connectivity index (χ0n) is 22.0. The largest absolute Gasteiger partial charge is 0.573 e. The second-order valence-corrected chi connectivity index (χ2v) is 9.98. The van der Waals surface area contributed by atoms with Crippen LogP contribution in [0.4, 0.5) is 24.7 Å². The molecule has 1 fully saturated rings. The molecule has 3 aromatic rings. The maximum atomic E-state index is 12.8. The highest BCUT2D eigenvalue weighted by atomic mass is 19.4. The quantitative estimate of drug-likeness (QED) is 0.437. The maximum Gasteiger partial charge on any atom is 0.573 e. The number of likely N-dealkylation sites (N-methyl/N-ethyl adjacent to an activating group) is 1. The summed E-state index contributed by atoms with van der Waals surface area (Å²) < 4.78 is 43.3. The van der Waals surface area contributed by atoms with Crippen LogP contribution >= 0.6 is 0 Å². The highest BCUT2D eigenvalue weighted by Crippen LogP contribution is 2.34. The molecule has 202 valence electrons. The van der Waals surface area contributed by atoms with Crippen LogP contribution in [0.15, 0.2) is 47.3 Å². The molecule has 0 aliphatic carbocycles. The number of piperazine rings is 1. The number of alkyl halides is 3. The number of benzene rings is 1. The van der Waals surface area contributed by atoms with E-state index in [0.29, 0.717) is 29.8 Å². The molecule has 0 amide bonds. The first kappa shape index (κ1) is 27.4. The van der Waals surface area contributed by atoms with Gasteiger partial charge in [-0.1, -0.05) is 18.7 Å². The molecule has 3 heterocycles. The predicted octanol–water partition coefficient (Wildman–Crippen LogP) is 4.58. The Morgan fingerprint density at radius 1 is 1.18 bits per heavy atom. The summed E-state index contributed by atoms with van der Waals surface area (Å²) in [7, 11) is 5.67. The molecule has 1 saturated heterocycles. The average Bonchev–Trinajstić information content (AvgIpc) is 2.85. The number of pyridine rings is 2. The Morgan fingerprint density at radius 3 is 2.47 bits per heavy atom. The Bertz CT molecular complexity index is 1400. The van der Waals surface area contributed by atoms with Gasteiger partial charge in [0.15, 0.2) is 0 Å². The Labute approximate surface area is 219 Å². The summed E-state index contributed by atoms with van der Waals surface area (Å²) in [5.41, 5.74) is 2.70. The Kier molecular flexibility index (Phi) is 7.67. The van der Waals surface area contributed by atoms with Crippen LogP contribution in [0.3, 0.4) is 0 Å². The number of halogens is 3. The highest BCUT2D eigenvalue weighted by Gasteiger charge is 2.37. The van der Waals surface area contributed by atoms with E-state index in [1.54, 1.807) is 37.4 Å². The molecule has 3 atom stereocenters. The minimum absolute atomic E-state index is 0.00241.